The van der Waals surface area contributed by atoms with Gasteiger partial charge in [-0.05, 0) is 54.1 Å². The van der Waals surface area contributed by atoms with Crippen molar-refractivity contribution in [1.82, 2.24) is 4.57 Å². The smallest absolute Gasteiger partial charge is 0.264 e. The summed E-state index contributed by atoms with van der Waals surface area (Å²) in [4.78, 5) is 13.1. The van der Waals surface area contributed by atoms with Gasteiger partial charge in [0.25, 0.3) is 5.56 Å². The van der Waals surface area contributed by atoms with Crippen LogP contribution in [0.15, 0.2) is 80.7 Å². The lowest BCUT2D eigenvalue weighted by atomic mass is 10.1. The third kappa shape index (κ3) is 4.38. The lowest BCUT2D eigenvalue weighted by Gasteiger charge is -2.22. The summed E-state index contributed by atoms with van der Waals surface area (Å²) in [5.74, 6) is -1.81. The Balaban J connectivity index is 1.74. The first-order valence-electron chi connectivity index (χ1n) is 10.7. The van der Waals surface area contributed by atoms with Crippen LogP contribution in [0.25, 0.3) is 16.6 Å². The number of rotatable bonds is 4. The molecule has 0 fully saturated rings. The van der Waals surface area contributed by atoms with Gasteiger partial charge in [0, 0.05) is 11.6 Å². The maximum Gasteiger partial charge on any atom is 0.264 e. The standard InChI is InChI=1S/C25H18F2N2O6S2/c1-36(32,33)17-7-8-19-22(11-17)37(34,35)13-20(28-19)23-24(30)18-10-16(27)6-9-21(18)29(25(23)31)12-14-2-4-15(26)5-3-14/h2-11,13,28,30H,12H2,1H3. The zero-order valence-corrected chi connectivity index (χ0v) is 20.7. The van der Waals surface area contributed by atoms with E-state index in [2.05, 4.69) is 5.32 Å². The Labute approximate surface area is 210 Å². The van der Waals surface area contributed by atoms with E-state index in [1.807, 2.05) is 0 Å². The van der Waals surface area contributed by atoms with E-state index in [0.29, 0.717) is 11.0 Å². The number of anilines is 1. The lowest BCUT2D eigenvalue weighted by Crippen LogP contribution is -2.27. The van der Waals surface area contributed by atoms with Gasteiger partial charge in [0.1, 0.15) is 22.9 Å². The summed E-state index contributed by atoms with van der Waals surface area (Å²) < 4.78 is 78.7. The molecule has 2 N–H and O–H groups in total. The first kappa shape index (κ1) is 24.7. The quantitative estimate of drug-likeness (QED) is 0.402. The van der Waals surface area contributed by atoms with Crippen molar-refractivity contribution >= 4 is 42.0 Å². The highest BCUT2D eigenvalue weighted by Crippen LogP contribution is 2.38. The zero-order valence-electron chi connectivity index (χ0n) is 19.1. The molecule has 0 unspecified atom stereocenters. The molecule has 190 valence electrons. The molecule has 1 aliphatic heterocycles. The zero-order chi connectivity index (χ0) is 26.7. The molecule has 0 radical (unpaired) electrons. The van der Waals surface area contributed by atoms with E-state index >= 15 is 0 Å². The van der Waals surface area contributed by atoms with Crippen molar-refractivity contribution < 1.29 is 30.7 Å². The van der Waals surface area contributed by atoms with Gasteiger partial charge in [0.2, 0.25) is 9.84 Å². The number of fused-ring (bicyclic) bond motifs is 2. The number of nitrogens with one attached hydrogen (secondary N) is 1. The van der Waals surface area contributed by atoms with E-state index in [1.54, 1.807) is 0 Å². The van der Waals surface area contributed by atoms with E-state index < -0.39 is 48.2 Å². The maximum absolute atomic E-state index is 14.1. The molecule has 12 heteroatoms. The summed E-state index contributed by atoms with van der Waals surface area (Å²) in [5.41, 5.74) is -0.793. The lowest BCUT2D eigenvalue weighted by molar-refractivity contribution is 0.476. The molecular formula is C25H18F2N2O6S2. The second kappa shape index (κ2) is 8.53. The first-order valence-corrected chi connectivity index (χ1v) is 14.2. The van der Waals surface area contributed by atoms with Crippen LogP contribution in [0.3, 0.4) is 0 Å². The molecule has 2 heterocycles. The van der Waals surface area contributed by atoms with Gasteiger partial charge in [0.15, 0.2) is 9.84 Å². The number of hydrogen-bond acceptors (Lipinski definition) is 7. The molecule has 0 amide bonds. The number of pyridine rings is 1. The molecule has 8 nitrogen and oxygen atoms in total. The summed E-state index contributed by atoms with van der Waals surface area (Å²) in [5, 5.41) is 14.5. The summed E-state index contributed by atoms with van der Waals surface area (Å²) in [6, 6.07) is 12.2. The van der Waals surface area contributed by atoms with E-state index in [4.69, 9.17) is 0 Å². The number of nitrogens with zero attached hydrogens (tertiary/aromatic N) is 1. The van der Waals surface area contributed by atoms with E-state index in [9.17, 15) is 35.5 Å². The van der Waals surface area contributed by atoms with Crippen molar-refractivity contribution in [2.24, 2.45) is 0 Å². The van der Waals surface area contributed by atoms with Crippen LogP contribution in [0.5, 0.6) is 5.75 Å². The number of aromatic hydroxyl groups is 1. The fraction of sp³-hybridized carbons (Fsp3) is 0.0800. The van der Waals surface area contributed by atoms with Crippen LogP contribution in [-0.2, 0) is 26.2 Å². The number of aromatic nitrogens is 1. The van der Waals surface area contributed by atoms with Crippen LogP contribution in [-0.4, -0.2) is 32.8 Å². The number of benzene rings is 3. The molecular weight excluding hydrogens is 526 g/mol. The third-order valence-corrected chi connectivity index (χ3v) is 8.56. The minimum absolute atomic E-state index is 0.00637. The van der Waals surface area contributed by atoms with Crippen molar-refractivity contribution in [3.05, 3.63) is 99.2 Å². The molecule has 4 aromatic rings. The van der Waals surface area contributed by atoms with Crippen molar-refractivity contribution in [1.29, 1.82) is 0 Å². The topological polar surface area (TPSA) is 123 Å². The van der Waals surface area contributed by atoms with Crippen LogP contribution in [0.2, 0.25) is 0 Å². The Bertz CT molecular complexity index is 1910. The van der Waals surface area contributed by atoms with Crippen molar-refractivity contribution in [3.8, 4) is 5.75 Å². The predicted octanol–water partition coefficient (Wildman–Crippen LogP) is 3.63. The van der Waals surface area contributed by atoms with Gasteiger partial charge in [-0.25, -0.2) is 25.6 Å². The molecule has 5 rings (SSSR count). The molecule has 3 aromatic carbocycles. The average Bonchev–Trinajstić information content (AvgIpc) is 2.82. The van der Waals surface area contributed by atoms with Gasteiger partial charge < -0.3 is 15.0 Å². The highest BCUT2D eigenvalue weighted by atomic mass is 32.2. The Morgan fingerprint density at radius 3 is 2.32 bits per heavy atom. The second-order valence-electron chi connectivity index (χ2n) is 8.53. The molecule has 0 aliphatic carbocycles. The van der Waals surface area contributed by atoms with Gasteiger partial charge in [-0.15, -0.1) is 0 Å². The molecule has 37 heavy (non-hydrogen) atoms. The Morgan fingerprint density at radius 2 is 1.65 bits per heavy atom. The van der Waals surface area contributed by atoms with Gasteiger partial charge in [-0.1, -0.05) is 12.1 Å². The highest BCUT2D eigenvalue weighted by molar-refractivity contribution is 7.94. The van der Waals surface area contributed by atoms with Crippen LogP contribution < -0.4 is 10.9 Å². The van der Waals surface area contributed by atoms with Crippen LogP contribution >= 0.6 is 0 Å². The average molecular weight is 545 g/mol. The van der Waals surface area contributed by atoms with Gasteiger partial charge in [0.05, 0.1) is 38.6 Å². The monoisotopic (exact) mass is 544 g/mol. The summed E-state index contributed by atoms with van der Waals surface area (Å²) in [6.45, 7) is -0.0805. The Kier molecular flexibility index (Phi) is 5.68. The van der Waals surface area contributed by atoms with Crippen LogP contribution in [0, 0.1) is 11.6 Å². The first-order chi connectivity index (χ1) is 17.3. The molecule has 0 atom stereocenters. The minimum atomic E-state index is -4.26. The Morgan fingerprint density at radius 1 is 0.973 bits per heavy atom. The second-order valence-corrected chi connectivity index (χ2v) is 12.3. The largest absolute Gasteiger partial charge is 0.506 e. The predicted molar refractivity (Wildman–Crippen MR) is 134 cm³/mol. The number of halogens is 2. The molecule has 1 aliphatic rings. The van der Waals surface area contributed by atoms with E-state index in [1.165, 1.54) is 47.0 Å². The molecule has 0 saturated carbocycles. The summed E-state index contributed by atoms with van der Waals surface area (Å²) in [6.07, 6.45) is 0.939. The van der Waals surface area contributed by atoms with Crippen LogP contribution in [0.1, 0.15) is 11.1 Å². The maximum atomic E-state index is 14.1. The number of hydrogen-bond donors (Lipinski definition) is 2. The van der Waals surface area contributed by atoms with Crippen molar-refractivity contribution in [3.63, 3.8) is 0 Å². The van der Waals surface area contributed by atoms with Crippen molar-refractivity contribution in [2.45, 2.75) is 16.3 Å². The van der Waals surface area contributed by atoms with Gasteiger partial charge >= 0.3 is 0 Å². The third-order valence-electron chi connectivity index (χ3n) is 5.95. The Hall–Kier alpha value is -4.03. The van der Waals surface area contributed by atoms with Gasteiger partial charge in [-0.2, -0.15) is 0 Å². The normalized spacial score (nSPS) is 14.6. The molecule has 0 bridgehead atoms. The summed E-state index contributed by atoms with van der Waals surface area (Å²) in [7, 11) is -7.95. The highest BCUT2D eigenvalue weighted by Gasteiger charge is 2.29. The van der Waals surface area contributed by atoms with Crippen molar-refractivity contribution in [2.75, 3.05) is 11.6 Å². The minimum Gasteiger partial charge on any atom is -0.506 e. The van der Waals surface area contributed by atoms with Crippen LogP contribution in [0.4, 0.5) is 14.5 Å². The molecule has 0 spiro atoms. The fourth-order valence-corrected chi connectivity index (χ4v) is 6.22. The SMILES string of the molecule is CS(=O)(=O)c1ccc2c(c1)S(=O)(=O)C=C(c1c(O)c3cc(F)ccc3n(Cc3ccc(F)cc3)c1=O)N2. The number of sulfone groups is 2. The van der Waals surface area contributed by atoms with E-state index in [0.717, 1.165) is 24.5 Å². The van der Waals surface area contributed by atoms with Gasteiger partial charge in [-0.3, -0.25) is 4.79 Å². The summed E-state index contributed by atoms with van der Waals surface area (Å²) >= 11 is 0. The van der Waals surface area contributed by atoms with E-state index in [-0.39, 0.29) is 38.6 Å². The molecule has 1 aromatic heterocycles. The fourth-order valence-electron chi connectivity index (χ4n) is 4.17. The molecule has 0 saturated heterocycles.